The fraction of sp³-hybridized carbons (Fsp3) is 0.857. The summed E-state index contributed by atoms with van der Waals surface area (Å²) in [6.07, 6.45) is -9.36. The normalized spacial score (nSPS) is 25.0. The summed E-state index contributed by atoms with van der Waals surface area (Å²) in [6.45, 7) is 7.74. The molecule has 6 atom stereocenters. The van der Waals surface area contributed by atoms with E-state index >= 15 is 0 Å². The summed E-state index contributed by atoms with van der Waals surface area (Å²) < 4.78 is 142. The van der Waals surface area contributed by atoms with Gasteiger partial charge in [0.15, 0.2) is 0 Å². The van der Waals surface area contributed by atoms with E-state index in [9.17, 15) is 44.6 Å². The highest BCUT2D eigenvalue weighted by Gasteiger charge is 2.85. The van der Waals surface area contributed by atoms with E-state index in [1.165, 1.54) is 24.0 Å². The van der Waals surface area contributed by atoms with Gasteiger partial charge in [-0.1, -0.05) is 60.7 Å². The minimum absolute atomic E-state index is 0.115. The first-order valence-electron chi connectivity index (χ1n) is 21.4. The Morgan fingerprint density at radius 1 is 0.897 bits per heavy atom. The van der Waals surface area contributed by atoms with E-state index in [0.29, 0.717) is 37.7 Å². The summed E-state index contributed by atoms with van der Waals surface area (Å²) in [5, 5.41) is 9.22. The number of aliphatic hydroxyl groups excluding tert-OH is 1. The van der Waals surface area contributed by atoms with Crippen LogP contribution in [0.3, 0.4) is 0 Å². The van der Waals surface area contributed by atoms with E-state index in [1.54, 1.807) is 0 Å². The number of hydrogen-bond donors (Lipinski definition) is 1. The molecule has 0 aliphatic heterocycles. The Balaban J connectivity index is 1.17. The van der Waals surface area contributed by atoms with Crippen LogP contribution in [0, 0.1) is 23.2 Å². The van der Waals surface area contributed by atoms with Crippen molar-refractivity contribution in [2.24, 2.45) is 23.2 Å². The predicted molar refractivity (Wildman–Crippen MR) is 213 cm³/mol. The third kappa shape index (κ3) is 12.3. The lowest BCUT2D eigenvalue weighted by Gasteiger charge is -2.50. The molecule has 3 aliphatic rings. The maximum Gasteiger partial charge on any atom is 0.435 e. The number of alkyl halides is 9. The number of halogens is 9. The fourth-order valence-corrected chi connectivity index (χ4v) is 12.0. The molecule has 0 saturated heterocycles. The van der Waals surface area contributed by atoms with Crippen LogP contribution in [-0.2, 0) is 15.9 Å². The minimum Gasteiger partial charge on any atom is -0.492 e. The van der Waals surface area contributed by atoms with Crippen molar-refractivity contribution in [3.63, 3.8) is 0 Å². The van der Waals surface area contributed by atoms with Crippen molar-refractivity contribution in [1.29, 1.82) is 0 Å². The molecule has 2 fully saturated rings. The van der Waals surface area contributed by atoms with Crippen LogP contribution < -0.4 is 4.74 Å². The first-order valence-corrected chi connectivity index (χ1v) is 23.0. The second-order valence-electron chi connectivity index (χ2n) is 17.5. The van der Waals surface area contributed by atoms with Crippen LogP contribution in [0.4, 0.5) is 39.5 Å². The molecule has 0 amide bonds. The lowest BCUT2D eigenvalue weighted by Crippen LogP contribution is -2.67. The van der Waals surface area contributed by atoms with Crippen LogP contribution in [0.25, 0.3) is 0 Å². The lowest BCUT2D eigenvalue weighted by molar-refractivity contribution is -0.457. The van der Waals surface area contributed by atoms with Gasteiger partial charge in [-0.05, 0) is 144 Å². The number of likely N-dealkylation sites (N-methyl/N-ethyl adjacent to an activating group) is 1. The summed E-state index contributed by atoms with van der Waals surface area (Å²) in [6, 6.07) is 6.39. The predicted octanol–water partition coefficient (Wildman–Crippen LogP) is 12.2. The summed E-state index contributed by atoms with van der Waals surface area (Å²) in [5.41, 5.74) is -3.91. The van der Waals surface area contributed by atoms with Gasteiger partial charge in [-0.25, -0.2) is 0 Å². The molecule has 3 aliphatic carbocycles. The van der Waals surface area contributed by atoms with Crippen LogP contribution in [0.1, 0.15) is 123 Å². The van der Waals surface area contributed by atoms with Crippen molar-refractivity contribution in [2.75, 3.05) is 52.3 Å². The summed E-state index contributed by atoms with van der Waals surface area (Å²) >= 11 is 0. The zero-order valence-corrected chi connectivity index (χ0v) is 35.9. The topological polar surface area (TPSA) is 51.2 Å². The third-order valence-electron chi connectivity index (χ3n) is 12.7. The molecule has 2 saturated carbocycles. The number of ether oxygens (including phenoxy) is 3. The molecule has 0 bridgehead atoms. The number of hydrogen-bond acceptors (Lipinski definition) is 7. The van der Waals surface area contributed by atoms with E-state index in [1.807, 2.05) is 27.7 Å². The van der Waals surface area contributed by atoms with Crippen molar-refractivity contribution in [2.45, 2.75) is 152 Å². The average molecular weight is 883 g/mol. The van der Waals surface area contributed by atoms with Gasteiger partial charge in [0, 0.05) is 31.6 Å². The van der Waals surface area contributed by atoms with Gasteiger partial charge in [-0.15, -0.1) is 0 Å². The van der Waals surface area contributed by atoms with E-state index in [4.69, 9.17) is 10.8 Å². The Morgan fingerprint density at radius 2 is 1.60 bits per heavy atom. The van der Waals surface area contributed by atoms with E-state index in [0.717, 1.165) is 82.4 Å². The molecule has 336 valence electrons. The summed E-state index contributed by atoms with van der Waals surface area (Å²) in [4.78, 5) is 2.30. The van der Waals surface area contributed by atoms with Crippen LogP contribution >= 0.6 is 21.6 Å². The van der Waals surface area contributed by atoms with Gasteiger partial charge in [-0.2, -0.15) is 39.5 Å². The van der Waals surface area contributed by atoms with Crippen molar-refractivity contribution in [3.8, 4) is 5.75 Å². The first-order chi connectivity index (χ1) is 27.6. The van der Waals surface area contributed by atoms with Crippen LogP contribution in [0.15, 0.2) is 18.2 Å². The Hall–Kier alpha value is -1.07. The number of fused-ring (bicyclic) bond motifs is 5. The highest BCUT2D eigenvalue weighted by Crippen LogP contribution is 2.62. The van der Waals surface area contributed by atoms with E-state index < -0.39 is 37.2 Å². The monoisotopic (exact) mass is 882 g/mol. The molecule has 1 N–H and O–H groups in total. The molecule has 58 heavy (non-hydrogen) atoms. The standard InChI is InChI=1S/C42H64F9NO4S2/c1-29(28-53)11-8-6-7-9-26-57-58-37(2,3)20-21-52(5)22-25-54-31-13-15-32-30(27-31)12-14-34-33(32)18-19-38(4)35(34)16-17-36(38)55-23-10-24-56-39(40(43,44)45,41(46,47)48)42(49,50)51/h13,15,27,29,33-36,53H,6-12,14,16-26,28H2,1-5H3/t29?,33-,34-,35+,36+,38+/m1/s1/i1D. The van der Waals surface area contributed by atoms with Crippen molar-refractivity contribution >= 4 is 21.6 Å². The molecule has 4 rings (SSSR count). The molecular weight excluding hydrogens is 818 g/mol. The van der Waals surface area contributed by atoms with Gasteiger partial charge in [-0.3, -0.25) is 0 Å². The zero-order valence-electron chi connectivity index (χ0n) is 35.3. The minimum atomic E-state index is -6.74. The van der Waals surface area contributed by atoms with E-state index in [-0.39, 0.29) is 35.4 Å². The third-order valence-corrected chi connectivity index (χ3v) is 16.1. The van der Waals surface area contributed by atoms with Gasteiger partial charge < -0.3 is 24.2 Å². The number of unbranched alkanes of at least 4 members (excludes halogenated alkanes) is 3. The molecule has 0 heterocycles. The Bertz CT molecular complexity index is 1400. The summed E-state index contributed by atoms with van der Waals surface area (Å²) in [7, 11) is 6.02. The Labute approximate surface area is 348 Å². The molecule has 1 aromatic carbocycles. The Morgan fingerprint density at radius 3 is 2.28 bits per heavy atom. The van der Waals surface area contributed by atoms with Gasteiger partial charge in [0.05, 0.1) is 12.7 Å². The molecule has 1 unspecified atom stereocenters. The van der Waals surface area contributed by atoms with Gasteiger partial charge in [0.1, 0.15) is 12.4 Å². The number of benzene rings is 1. The van der Waals surface area contributed by atoms with Crippen molar-refractivity contribution in [1.82, 2.24) is 4.90 Å². The van der Waals surface area contributed by atoms with Crippen LogP contribution in [-0.4, -0.2) is 97.3 Å². The van der Waals surface area contributed by atoms with Gasteiger partial charge in [0.25, 0.3) is 0 Å². The van der Waals surface area contributed by atoms with Gasteiger partial charge >= 0.3 is 24.1 Å². The van der Waals surface area contributed by atoms with Gasteiger partial charge in [0.2, 0.25) is 0 Å². The smallest absolute Gasteiger partial charge is 0.435 e. The molecule has 5 nitrogen and oxygen atoms in total. The molecule has 1 aromatic rings. The average Bonchev–Trinajstić information content (AvgIpc) is 3.49. The molecular formula is C42H64F9NO4S2. The number of aryl methyl sites for hydroxylation is 1. The molecule has 0 spiro atoms. The highest BCUT2D eigenvalue weighted by molar-refractivity contribution is 8.77. The largest absolute Gasteiger partial charge is 0.492 e. The molecule has 16 heteroatoms. The first kappa shape index (κ1) is 48.0. The quantitative estimate of drug-likeness (QED) is 0.0667. The van der Waals surface area contributed by atoms with Crippen LogP contribution in [0.5, 0.6) is 5.75 Å². The maximum atomic E-state index is 13.2. The fourth-order valence-electron chi connectivity index (χ4n) is 9.28. The Kier molecular flexibility index (Phi) is 17.3. The second-order valence-corrected chi connectivity index (χ2v) is 20.6. The number of nitrogens with zero attached hydrogens (tertiary/aromatic N) is 1. The van der Waals surface area contributed by atoms with Crippen molar-refractivity contribution < 1.29 is 60.2 Å². The lowest BCUT2D eigenvalue weighted by atomic mass is 9.55. The molecule has 0 aromatic heterocycles. The van der Waals surface area contributed by atoms with Crippen molar-refractivity contribution in [3.05, 3.63) is 29.3 Å². The second kappa shape index (κ2) is 20.9. The maximum absolute atomic E-state index is 13.2. The molecule has 0 radical (unpaired) electrons. The highest BCUT2D eigenvalue weighted by atomic mass is 33.1. The number of rotatable bonds is 23. The zero-order chi connectivity index (χ0) is 43.7. The SMILES string of the molecule is [2H]CC(CO)CCCCCCSSC(C)(C)CCN(C)CCOc1ccc2c(c1)CC[C@@H]1[C@@H]2CC[C@]2(C)[C@@H](OCCCOC(C(F)(F)F)(C(F)(F)F)C(F)(F)F)CC[C@@H]12. The summed E-state index contributed by atoms with van der Waals surface area (Å²) in [5.74, 6) is 3.15. The number of aliphatic hydroxyl groups is 1. The van der Waals surface area contributed by atoms with E-state index in [2.05, 4.69) is 49.6 Å². The van der Waals surface area contributed by atoms with Crippen LogP contribution in [0.2, 0.25) is 0 Å².